The lowest BCUT2D eigenvalue weighted by molar-refractivity contribution is -0.286. The number of ether oxygens (including phenoxy) is 2. The number of hydrazine groups is 1. The van der Waals surface area contributed by atoms with Gasteiger partial charge in [0.25, 0.3) is 5.91 Å². The van der Waals surface area contributed by atoms with Gasteiger partial charge in [0.05, 0.1) is 5.56 Å². The number of alkyl halides is 2. The molecule has 5 nitrogen and oxygen atoms in total. The van der Waals surface area contributed by atoms with Crippen molar-refractivity contribution in [3.8, 4) is 11.5 Å². The molecule has 0 saturated heterocycles. The molecule has 80 valence electrons. The van der Waals surface area contributed by atoms with E-state index < -0.39 is 12.2 Å². The molecule has 0 bridgehead atoms. The van der Waals surface area contributed by atoms with Crippen molar-refractivity contribution >= 4 is 5.91 Å². The zero-order valence-electron chi connectivity index (χ0n) is 7.29. The number of fused-ring (bicyclic) bond motifs is 1. The van der Waals surface area contributed by atoms with Crippen LogP contribution < -0.4 is 20.7 Å². The lowest BCUT2D eigenvalue weighted by Gasteiger charge is -2.05. The minimum atomic E-state index is -3.74. The number of nitrogens with two attached hydrogens (primary N) is 1. The summed E-state index contributed by atoms with van der Waals surface area (Å²) < 4.78 is 33.7. The molecule has 2 rings (SSSR count). The number of para-hydroxylation sites is 1. The molecule has 0 spiro atoms. The Labute approximate surface area is 82.7 Å². The van der Waals surface area contributed by atoms with E-state index in [1.165, 1.54) is 18.2 Å². The van der Waals surface area contributed by atoms with E-state index >= 15 is 0 Å². The number of halogens is 2. The van der Waals surface area contributed by atoms with Gasteiger partial charge in [-0.25, -0.2) is 5.84 Å². The first-order valence-corrected chi connectivity index (χ1v) is 3.93. The number of benzene rings is 1. The molecular formula is C8H6F2N2O3. The quantitative estimate of drug-likeness (QED) is 0.410. The molecular weight excluding hydrogens is 210 g/mol. The number of carbonyl (C=O) groups is 1. The van der Waals surface area contributed by atoms with Crippen molar-refractivity contribution in [1.82, 2.24) is 5.43 Å². The molecule has 0 aromatic heterocycles. The van der Waals surface area contributed by atoms with Crippen molar-refractivity contribution in [2.45, 2.75) is 6.29 Å². The van der Waals surface area contributed by atoms with Gasteiger partial charge in [-0.2, -0.15) is 0 Å². The monoisotopic (exact) mass is 216 g/mol. The van der Waals surface area contributed by atoms with Gasteiger partial charge >= 0.3 is 6.29 Å². The van der Waals surface area contributed by atoms with E-state index in [1.807, 2.05) is 5.43 Å². The number of hydrogen-bond donors (Lipinski definition) is 2. The molecule has 0 saturated carbocycles. The van der Waals surface area contributed by atoms with E-state index in [9.17, 15) is 13.6 Å². The van der Waals surface area contributed by atoms with Crippen LogP contribution in [0.15, 0.2) is 18.2 Å². The van der Waals surface area contributed by atoms with Crippen LogP contribution in [0.1, 0.15) is 10.4 Å². The van der Waals surface area contributed by atoms with E-state index in [2.05, 4.69) is 9.47 Å². The molecule has 15 heavy (non-hydrogen) atoms. The second kappa shape index (κ2) is 3.06. The molecule has 1 amide bonds. The maximum Gasteiger partial charge on any atom is 0.586 e. The summed E-state index contributed by atoms with van der Waals surface area (Å²) in [5.74, 6) is 3.65. The Balaban J connectivity index is 2.46. The second-order valence-electron chi connectivity index (χ2n) is 2.77. The standard InChI is InChI=1S/C8H6F2N2O3/c9-8(10)14-5-3-1-2-4(6(5)15-8)7(13)12-11/h1-3H,11H2,(H,12,13). The number of nitrogens with one attached hydrogen (secondary N) is 1. The first-order valence-electron chi connectivity index (χ1n) is 3.93. The van der Waals surface area contributed by atoms with E-state index in [4.69, 9.17) is 5.84 Å². The van der Waals surface area contributed by atoms with Crippen molar-refractivity contribution in [2.75, 3.05) is 0 Å². The van der Waals surface area contributed by atoms with E-state index in [0.717, 1.165) is 0 Å². The Hall–Kier alpha value is -1.89. The normalized spacial score (nSPS) is 16.2. The molecule has 0 fully saturated rings. The minimum absolute atomic E-state index is 0.104. The molecule has 1 aromatic carbocycles. The van der Waals surface area contributed by atoms with Crippen molar-refractivity contribution < 1.29 is 23.0 Å². The zero-order valence-corrected chi connectivity index (χ0v) is 7.29. The first kappa shape index (κ1) is 9.66. The van der Waals surface area contributed by atoms with Gasteiger partial charge in [0, 0.05) is 0 Å². The van der Waals surface area contributed by atoms with Crippen LogP contribution in [0.3, 0.4) is 0 Å². The fourth-order valence-electron chi connectivity index (χ4n) is 1.23. The summed E-state index contributed by atoms with van der Waals surface area (Å²) in [6.07, 6.45) is -3.74. The van der Waals surface area contributed by atoms with Crippen LogP contribution in [0.4, 0.5) is 8.78 Å². The van der Waals surface area contributed by atoms with Crippen LogP contribution in [-0.2, 0) is 0 Å². The number of carbonyl (C=O) groups excluding carboxylic acids is 1. The van der Waals surface area contributed by atoms with Gasteiger partial charge in [0.2, 0.25) is 0 Å². The average molecular weight is 216 g/mol. The number of amides is 1. The Morgan fingerprint density at radius 1 is 1.40 bits per heavy atom. The van der Waals surface area contributed by atoms with Gasteiger partial charge in [0.15, 0.2) is 11.5 Å². The molecule has 0 atom stereocenters. The molecule has 1 heterocycles. The summed E-state index contributed by atoms with van der Waals surface area (Å²) in [5.41, 5.74) is 1.71. The van der Waals surface area contributed by atoms with Crippen LogP contribution >= 0.6 is 0 Å². The lowest BCUT2D eigenvalue weighted by Crippen LogP contribution is -2.31. The summed E-state index contributed by atoms with van der Waals surface area (Å²) in [7, 11) is 0. The highest BCUT2D eigenvalue weighted by Crippen LogP contribution is 2.42. The number of hydrogen-bond acceptors (Lipinski definition) is 4. The van der Waals surface area contributed by atoms with Crippen LogP contribution in [0.2, 0.25) is 0 Å². The summed E-state index contributed by atoms with van der Waals surface area (Å²) in [4.78, 5) is 11.2. The van der Waals surface area contributed by atoms with Crippen LogP contribution in [-0.4, -0.2) is 12.2 Å². The van der Waals surface area contributed by atoms with E-state index in [-0.39, 0.29) is 17.1 Å². The average Bonchev–Trinajstić information content (AvgIpc) is 2.49. The minimum Gasteiger partial charge on any atom is -0.395 e. The predicted molar refractivity (Wildman–Crippen MR) is 44.3 cm³/mol. The first-order chi connectivity index (χ1) is 7.03. The highest BCUT2D eigenvalue weighted by Gasteiger charge is 2.45. The summed E-state index contributed by atoms with van der Waals surface area (Å²) in [5, 5.41) is 0. The molecule has 1 aliphatic heterocycles. The highest BCUT2D eigenvalue weighted by molar-refractivity contribution is 5.97. The van der Waals surface area contributed by atoms with Crippen molar-refractivity contribution in [3.63, 3.8) is 0 Å². The maximum absolute atomic E-state index is 12.7. The fraction of sp³-hybridized carbons (Fsp3) is 0.125. The Kier molecular flexibility index (Phi) is 1.97. The largest absolute Gasteiger partial charge is 0.586 e. The zero-order chi connectivity index (χ0) is 11.1. The summed E-state index contributed by atoms with van der Waals surface area (Å²) in [6.45, 7) is 0. The summed E-state index contributed by atoms with van der Waals surface area (Å²) in [6, 6.07) is 3.95. The highest BCUT2D eigenvalue weighted by atomic mass is 19.3. The number of rotatable bonds is 1. The third-order valence-electron chi connectivity index (χ3n) is 1.80. The molecule has 0 radical (unpaired) electrons. The lowest BCUT2D eigenvalue weighted by atomic mass is 10.2. The maximum atomic E-state index is 12.7. The fourth-order valence-corrected chi connectivity index (χ4v) is 1.23. The molecule has 0 aliphatic carbocycles. The molecule has 7 heteroatoms. The Morgan fingerprint density at radius 2 is 2.13 bits per heavy atom. The van der Waals surface area contributed by atoms with Crippen LogP contribution in [0, 0.1) is 0 Å². The van der Waals surface area contributed by atoms with Gasteiger partial charge in [0.1, 0.15) is 0 Å². The van der Waals surface area contributed by atoms with Gasteiger partial charge in [-0.3, -0.25) is 10.2 Å². The topological polar surface area (TPSA) is 73.6 Å². The van der Waals surface area contributed by atoms with Crippen molar-refractivity contribution in [2.24, 2.45) is 5.84 Å². The van der Waals surface area contributed by atoms with Gasteiger partial charge < -0.3 is 9.47 Å². The van der Waals surface area contributed by atoms with Crippen molar-refractivity contribution in [3.05, 3.63) is 23.8 Å². The summed E-state index contributed by atoms with van der Waals surface area (Å²) >= 11 is 0. The second-order valence-corrected chi connectivity index (χ2v) is 2.77. The Bertz CT molecular complexity index is 422. The Morgan fingerprint density at radius 3 is 2.80 bits per heavy atom. The van der Waals surface area contributed by atoms with Gasteiger partial charge in [-0.1, -0.05) is 6.07 Å². The molecule has 1 aliphatic rings. The van der Waals surface area contributed by atoms with Crippen molar-refractivity contribution in [1.29, 1.82) is 0 Å². The van der Waals surface area contributed by atoms with Crippen LogP contribution in [0.5, 0.6) is 11.5 Å². The number of nitrogen functional groups attached to an aromatic ring is 1. The van der Waals surface area contributed by atoms with E-state index in [0.29, 0.717) is 0 Å². The third-order valence-corrected chi connectivity index (χ3v) is 1.80. The smallest absolute Gasteiger partial charge is 0.395 e. The predicted octanol–water partition coefficient (Wildman–Crippen LogP) is 0.612. The molecule has 3 N–H and O–H groups in total. The van der Waals surface area contributed by atoms with E-state index in [1.54, 1.807) is 0 Å². The molecule has 1 aromatic rings. The third kappa shape index (κ3) is 1.57. The van der Waals surface area contributed by atoms with Gasteiger partial charge in [-0.15, -0.1) is 8.78 Å². The van der Waals surface area contributed by atoms with Gasteiger partial charge in [-0.05, 0) is 12.1 Å². The SMILES string of the molecule is NNC(=O)c1cccc2c1OC(F)(F)O2. The van der Waals surface area contributed by atoms with Crippen LogP contribution in [0.25, 0.3) is 0 Å². The molecule has 0 unspecified atom stereocenters.